The summed E-state index contributed by atoms with van der Waals surface area (Å²) in [5.74, 6) is 0.397. The van der Waals surface area contributed by atoms with Gasteiger partial charge in [0.15, 0.2) is 5.78 Å². The number of aromatic hydroxyl groups is 2. The summed E-state index contributed by atoms with van der Waals surface area (Å²) >= 11 is 0. The van der Waals surface area contributed by atoms with E-state index in [1.54, 1.807) is 26.0 Å². The highest BCUT2D eigenvalue weighted by atomic mass is 16.5. The molecule has 2 heterocycles. The normalized spacial score (nSPS) is 23.4. The van der Waals surface area contributed by atoms with Crippen LogP contribution >= 0.6 is 0 Å². The van der Waals surface area contributed by atoms with E-state index in [0.29, 0.717) is 11.3 Å². The number of fused-ring (bicyclic) bond motifs is 3. The summed E-state index contributed by atoms with van der Waals surface area (Å²) in [6.45, 7) is 3.53. The molecular formula is C20H20O6. The maximum Gasteiger partial charge on any atom is 0.174 e. The number of aliphatic hydroxyl groups is 1. The summed E-state index contributed by atoms with van der Waals surface area (Å²) in [5.41, 5.74) is 0.662. The van der Waals surface area contributed by atoms with Crippen LogP contribution in [0.25, 0.3) is 0 Å². The number of ketones is 1. The van der Waals surface area contributed by atoms with Gasteiger partial charge in [-0.3, -0.25) is 4.79 Å². The van der Waals surface area contributed by atoms with Crippen LogP contribution in [0.3, 0.4) is 0 Å². The third-order valence-electron chi connectivity index (χ3n) is 5.07. The Morgan fingerprint density at radius 3 is 2.50 bits per heavy atom. The van der Waals surface area contributed by atoms with Crippen molar-refractivity contribution < 1.29 is 29.6 Å². The van der Waals surface area contributed by atoms with E-state index in [1.807, 2.05) is 0 Å². The number of phenolic OH excluding ortho intramolecular Hbond substituents is 2. The van der Waals surface area contributed by atoms with E-state index in [2.05, 4.69) is 0 Å². The van der Waals surface area contributed by atoms with E-state index in [0.717, 1.165) is 5.56 Å². The fraction of sp³-hybridized carbons (Fsp3) is 0.350. The van der Waals surface area contributed by atoms with Crippen molar-refractivity contribution in [2.24, 2.45) is 0 Å². The van der Waals surface area contributed by atoms with Crippen LogP contribution in [0.4, 0.5) is 0 Å². The topological polar surface area (TPSA) is 96.2 Å². The molecule has 0 radical (unpaired) electrons. The van der Waals surface area contributed by atoms with Gasteiger partial charge in [-0.1, -0.05) is 12.1 Å². The molecule has 6 heteroatoms. The van der Waals surface area contributed by atoms with Crippen LogP contribution in [0.15, 0.2) is 30.3 Å². The van der Waals surface area contributed by atoms with Crippen molar-refractivity contribution in [1.29, 1.82) is 0 Å². The lowest BCUT2D eigenvalue weighted by atomic mass is 9.87. The standard InChI is InChI=1S/C20H20O6/c1-20(2)17(24)7-12-16(26-20)9-14(23)18-13(22)8-15(25-19(12)18)10-3-5-11(21)6-4-10/h3-6,9,15,17,21,23-24H,7-8H2,1-2H3/t15-,17+/m1/s1. The summed E-state index contributed by atoms with van der Waals surface area (Å²) in [4.78, 5) is 12.7. The van der Waals surface area contributed by atoms with E-state index in [1.165, 1.54) is 18.2 Å². The molecule has 0 bridgehead atoms. The molecule has 136 valence electrons. The molecule has 6 nitrogen and oxygen atoms in total. The highest BCUT2D eigenvalue weighted by Gasteiger charge is 2.41. The zero-order valence-electron chi connectivity index (χ0n) is 14.5. The second kappa shape index (κ2) is 5.64. The smallest absolute Gasteiger partial charge is 0.174 e. The monoisotopic (exact) mass is 356 g/mol. The van der Waals surface area contributed by atoms with Crippen LogP contribution < -0.4 is 9.47 Å². The molecule has 2 aliphatic rings. The molecule has 0 fully saturated rings. The lowest BCUT2D eigenvalue weighted by Crippen LogP contribution is -2.46. The number of aliphatic hydroxyl groups excluding tert-OH is 1. The first-order valence-electron chi connectivity index (χ1n) is 8.51. The molecule has 2 aromatic rings. The lowest BCUT2D eigenvalue weighted by molar-refractivity contribution is -0.0423. The first kappa shape index (κ1) is 16.7. The Bertz CT molecular complexity index is 884. The van der Waals surface area contributed by atoms with Crippen molar-refractivity contribution in [3.05, 3.63) is 47.0 Å². The van der Waals surface area contributed by atoms with Gasteiger partial charge in [0.05, 0.1) is 12.5 Å². The van der Waals surface area contributed by atoms with Crippen LogP contribution in [0.2, 0.25) is 0 Å². The Labute approximate surface area is 150 Å². The number of hydrogen-bond donors (Lipinski definition) is 3. The van der Waals surface area contributed by atoms with E-state index >= 15 is 0 Å². The van der Waals surface area contributed by atoms with Crippen LogP contribution in [0.5, 0.6) is 23.0 Å². The number of benzene rings is 2. The summed E-state index contributed by atoms with van der Waals surface area (Å²) < 4.78 is 11.9. The highest BCUT2D eigenvalue weighted by Crippen LogP contribution is 2.48. The summed E-state index contributed by atoms with van der Waals surface area (Å²) in [5, 5.41) is 30.2. The number of rotatable bonds is 1. The fourth-order valence-corrected chi connectivity index (χ4v) is 3.47. The van der Waals surface area contributed by atoms with Crippen LogP contribution in [0.1, 0.15) is 47.9 Å². The predicted octanol–water partition coefficient (Wildman–Crippen LogP) is 2.88. The number of carbonyl (C=O) groups is 1. The van der Waals surface area contributed by atoms with Crippen LogP contribution in [0, 0.1) is 0 Å². The second-order valence-corrected chi connectivity index (χ2v) is 7.33. The first-order valence-corrected chi connectivity index (χ1v) is 8.51. The summed E-state index contributed by atoms with van der Waals surface area (Å²) in [6, 6.07) is 7.88. The summed E-state index contributed by atoms with van der Waals surface area (Å²) in [7, 11) is 0. The molecule has 2 aromatic carbocycles. The molecule has 2 aliphatic heterocycles. The van der Waals surface area contributed by atoms with Crippen molar-refractivity contribution in [2.75, 3.05) is 0 Å². The number of phenols is 2. The molecule has 0 aromatic heterocycles. The van der Waals surface area contributed by atoms with Gasteiger partial charge in [-0.25, -0.2) is 0 Å². The average molecular weight is 356 g/mol. The van der Waals surface area contributed by atoms with Gasteiger partial charge in [-0.2, -0.15) is 0 Å². The first-order chi connectivity index (χ1) is 12.3. The zero-order valence-corrected chi connectivity index (χ0v) is 14.5. The molecule has 0 aliphatic carbocycles. The van der Waals surface area contributed by atoms with Gasteiger partial charge in [0.2, 0.25) is 0 Å². The molecule has 26 heavy (non-hydrogen) atoms. The third kappa shape index (κ3) is 2.57. The molecule has 0 unspecified atom stereocenters. The Morgan fingerprint density at radius 2 is 1.81 bits per heavy atom. The van der Waals surface area contributed by atoms with Gasteiger partial charge < -0.3 is 24.8 Å². The number of Topliss-reactive ketones (excluding diaryl/α,β-unsaturated/α-hetero) is 1. The fourth-order valence-electron chi connectivity index (χ4n) is 3.47. The maximum atomic E-state index is 12.7. The van der Waals surface area contributed by atoms with Gasteiger partial charge in [-0.15, -0.1) is 0 Å². The quantitative estimate of drug-likeness (QED) is 0.727. The van der Waals surface area contributed by atoms with Crippen LogP contribution in [-0.4, -0.2) is 32.8 Å². The Hall–Kier alpha value is -2.73. The highest BCUT2D eigenvalue weighted by molar-refractivity contribution is 6.03. The minimum absolute atomic E-state index is 0.0824. The molecule has 0 saturated heterocycles. The van der Waals surface area contributed by atoms with Gasteiger partial charge in [-0.05, 0) is 31.5 Å². The van der Waals surface area contributed by atoms with Crippen molar-refractivity contribution in [2.45, 2.75) is 44.5 Å². The molecule has 0 saturated carbocycles. The Kier molecular flexibility index (Phi) is 3.63. The van der Waals surface area contributed by atoms with Crippen molar-refractivity contribution >= 4 is 5.78 Å². The zero-order chi connectivity index (χ0) is 18.6. The number of hydrogen-bond acceptors (Lipinski definition) is 6. The van der Waals surface area contributed by atoms with Gasteiger partial charge in [0.1, 0.15) is 40.3 Å². The predicted molar refractivity (Wildman–Crippen MR) is 92.9 cm³/mol. The van der Waals surface area contributed by atoms with Crippen LogP contribution in [-0.2, 0) is 6.42 Å². The molecule has 0 amide bonds. The van der Waals surface area contributed by atoms with E-state index in [4.69, 9.17) is 9.47 Å². The Morgan fingerprint density at radius 1 is 1.12 bits per heavy atom. The van der Waals surface area contributed by atoms with Gasteiger partial charge >= 0.3 is 0 Å². The van der Waals surface area contributed by atoms with E-state index in [9.17, 15) is 20.1 Å². The van der Waals surface area contributed by atoms with E-state index < -0.39 is 17.8 Å². The SMILES string of the molecule is CC1(C)Oc2cc(O)c3c(c2C[C@@H]1O)O[C@@H](c1ccc(O)cc1)CC3=O. The lowest BCUT2D eigenvalue weighted by Gasteiger charge is -2.39. The summed E-state index contributed by atoms with van der Waals surface area (Å²) in [6.07, 6.45) is -0.954. The molecule has 0 spiro atoms. The van der Waals surface area contributed by atoms with E-state index in [-0.39, 0.29) is 41.4 Å². The number of ether oxygens (including phenoxy) is 2. The van der Waals surface area contributed by atoms with Crippen molar-refractivity contribution in [3.8, 4) is 23.0 Å². The van der Waals surface area contributed by atoms with Gasteiger partial charge in [0, 0.05) is 18.1 Å². The maximum absolute atomic E-state index is 12.7. The third-order valence-corrected chi connectivity index (χ3v) is 5.07. The van der Waals surface area contributed by atoms with Crippen molar-refractivity contribution in [3.63, 3.8) is 0 Å². The minimum Gasteiger partial charge on any atom is -0.508 e. The second-order valence-electron chi connectivity index (χ2n) is 7.33. The van der Waals surface area contributed by atoms with Crippen molar-refractivity contribution in [1.82, 2.24) is 0 Å². The minimum atomic E-state index is -0.803. The molecule has 4 rings (SSSR count). The molecular weight excluding hydrogens is 336 g/mol. The largest absolute Gasteiger partial charge is 0.508 e. The molecule has 3 N–H and O–H groups in total. The average Bonchev–Trinajstić information content (AvgIpc) is 2.56. The Balaban J connectivity index is 1.80. The van der Waals surface area contributed by atoms with Gasteiger partial charge in [0.25, 0.3) is 0 Å². The molecule has 2 atom stereocenters. The number of carbonyl (C=O) groups excluding carboxylic acids is 1.